The number of rotatable bonds is 8. The molecule has 1 saturated heterocycles. The number of aromatic amines is 1. The van der Waals surface area contributed by atoms with E-state index in [1.54, 1.807) is 42.5 Å². The predicted octanol–water partition coefficient (Wildman–Crippen LogP) is 3.15. The monoisotopic (exact) mass is 546 g/mol. The van der Waals surface area contributed by atoms with E-state index in [1.807, 2.05) is 40.9 Å². The summed E-state index contributed by atoms with van der Waals surface area (Å²) in [5.41, 5.74) is 1.27. The second-order valence-electron chi connectivity index (χ2n) is 8.61. The van der Waals surface area contributed by atoms with Crippen LogP contribution < -0.4 is 10.6 Å². The smallest absolute Gasteiger partial charge is 0.251 e. The van der Waals surface area contributed by atoms with Crippen molar-refractivity contribution in [3.8, 4) is 0 Å². The second-order valence-corrected chi connectivity index (χ2v) is 11.7. The first-order chi connectivity index (χ1) is 18.5. The van der Waals surface area contributed by atoms with Crippen LogP contribution in [0.25, 0.3) is 5.65 Å². The predicted molar refractivity (Wildman–Crippen MR) is 142 cm³/mol. The van der Waals surface area contributed by atoms with Crippen LogP contribution in [0.2, 0.25) is 0 Å². The van der Waals surface area contributed by atoms with Gasteiger partial charge in [0.2, 0.25) is 16.0 Å². The van der Waals surface area contributed by atoms with E-state index >= 15 is 0 Å². The molecule has 4 heterocycles. The quantitative estimate of drug-likeness (QED) is 0.270. The summed E-state index contributed by atoms with van der Waals surface area (Å²) < 4.78 is 28.5. The van der Waals surface area contributed by atoms with Gasteiger partial charge in [-0.05, 0) is 42.5 Å². The minimum Gasteiger partial charge on any atom is -0.347 e. The number of sulfonamides is 1. The summed E-state index contributed by atoms with van der Waals surface area (Å²) in [6, 6.07) is 20.9. The van der Waals surface area contributed by atoms with Gasteiger partial charge in [-0.15, -0.1) is 0 Å². The Bertz CT molecular complexity index is 1710. The number of aromatic nitrogens is 5. The molecule has 0 unspecified atom stereocenters. The van der Waals surface area contributed by atoms with Crippen LogP contribution in [0.5, 0.6) is 0 Å². The number of benzene rings is 2. The fourth-order valence-corrected chi connectivity index (χ4v) is 6.45. The Balaban J connectivity index is 1.06. The largest absolute Gasteiger partial charge is 0.347 e. The summed E-state index contributed by atoms with van der Waals surface area (Å²) in [7, 11) is -3.55. The zero-order valence-corrected chi connectivity index (χ0v) is 21.5. The number of nitrogens with zero attached hydrogens (tertiary/aromatic N) is 5. The van der Waals surface area contributed by atoms with Crippen LogP contribution >= 0.6 is 11.8 Å². The molecule has 0 radical (unpaired) electrons. The van der Waals surface area contributed by atoms with E-state index < -0.39 is 10.0 Å². The summed E-state index contributed by atoms with van der Waals surface area (Å²) >= 11 is 1.43. The number of fused-ring (bicyclic) bond motifs is 1. The summed E-state index contributed by atoms with van der Waals surface area (Å²) in [5.74, 6) is 0.934. The molecule has 3 N–H and O–H groups in total. The fourth-order valence-electron chi connectivity index (χ4n) is 4.05. The highest BCUT2D eigenvalue weighted by Crippen LogP contribution is 2.29. The van der Waals surface area contributed by atoms with Crippen molar-refractivity contribution in [3.05, 3.63) is 90.9 Å². The molecule has 2 aromatic carbocycles. The van der Waals surface area contributed by atoms with E-state index in [4.69, 9.17) is 0 Å². The molecule has 0 bridgehead atoms. The van der Waals surface area contributed by atoms with Crippen molar-refractivity contribution >= 4 is 45.1 Å². The Kier molecular flexibility index (Phi) is 6.31. The first-order valence-corrected chi connectivity index (χ1v) is 14.0. The highest BCUT2D eigenvalue weighted by Gasteiger charge is 2.37. The maximum absolute atomic E-state index is 12.8. The Morgan fingerprint density at radius 3 is 2.68 bits per heavy atom. The van der Waals surface area contributed by atoms with Gasteiger partial charge in [0.05, 0.1) is 16.0 Å². The van der Waals surface area contributed by atoms with Crippen LogP contribution in [0, 0.1) is 0 Å². The van der Waals surface area contributed by atoms with Gasteiger partial charge in [0.1, 0.15) is 12.0 Å². The normalized spacial score (nSPS) is 14.3. The van der Waals surface area contributed by atoms with Crippen molar-refractivity contribution in [3.63, 3.8) is 0 Å². The van der Waals surface area contributed by atoms with Gasteiger partial charge in [-0.1, -0.05) is 36.0 Å². The van der Waals surface area contributed by atoms with E-state index in [1.165, 1.54) is 22.4 Å². The minimum absolute atomic E-state index is 0.239. The van der Waals surface area contributed by atoms with E-state index in [0.717, 1.165) is 15.6 Å². The number of amides is 1. The van der Waals surface area contributed by atoms with Gasteiger partial charge in [0, 0.05) is 35.8 Å². The molecule has 5 aromatic rings. The Hall–Kier alpha value is -4.20. The van der Waals surface area contributed by atoms with Gasteiger partial charge in [-0.25, -0.2) is 18.4 Å². The molecule has 38 heavy (non-hydrogen) atoms. The SMILES string of the molecule is O=C(NC1CN(S(=O)(=O)c2ccccc2)C1)c1cccc(Sc2cc(Nc3ncnc4cccn34)n[nH]2)c1. The summed E-state index contributed by atoms with van der Waals surface area (Å²) in [6.45, 7) is 0.478. The van der Waals surface area contributed by atoms with E-state index in [2.05, 4.69) is 30.8 Å². The van der Waals surface area contributed by atoms with Crippen LogP contribution in [0.3, 0.4) is 0 Å². The number of hydrogen-bond acceptors (Lipinski definition) is 8. The number of hydrogen-bond donors (Lipinski definition) is 3. The molecular weight excluding hydrogens is 524 g/mol. The third-order valence-electron chi connectivity index (χ3n) is 6.01. The zero-order valence-electron chi connectivity index (χ0n) is 19.9. The Labute approximate surface area is 222 Å². The number of nitrogens with one attached hydrogen (secondary N) is 3. The van der Waals surface area contributed by atoms with E-state index in [0.29, 0.717) is 17.3 Å². The third-order valence-corrected chi connectivity index (χ3v) is 8.77. The lowest BCUT2D eigenvalue weighted by Crippen LogP contribution is -2.60. The second kappa shape index (κ2) is 9.93. The molecular formula is C25H22N8O3S2. The molecule has 0 saturated carbocycles. The molecule has 1 aliphatic heterocycles. The summed E-state index contributed by atoms with van der Waals surface area (Å²) in [5, 5.41) is 14.2. The maximum atomic E-state index is 12.8. The number of carbonyl (C=O) groups excluding carboxylic acids is 1. The number of anilines is 2. The lowest BCUT2D eigenvalue weighted by atomic mass is 10.1. The third kappa shape index (κ3) is 4.86. The first kappa shape index (κ1) is 24.2. The van der Waals surface area contributed by atoms with Crippen molar-refractivity contribution in [1.82, 2.24) is 34.2 Å². The number of carbonyl (C=O) groups is 1. The molecule has 11 nitrogen and oxygen atoms in total. The Morgan fingerprint density at radius 2 is 1.84 bits per heavy atom. The van der Waals surface area contributed by atoms with Gasteiger partial charge in [-0.2, -0.15) is 9.40 Å². The van der Waals surface area contributed by atoms with Crippen molar-refractivity contribution in [1.29, 1.82) is 0 Å². The van der Waals surface area contributed by atoms with Gasteiger partial charge in [0.25, 0.3) is 5.91 Å². The topological polar surface area (TPSA) is 137 Å². The van der Waals surface area contributed by atoms with Crippen LogP contribution in [0.4, 0.5) is 11.8 Å². The minimum atomic E-state index is -3.55. The van der Waals surface area contributed by atoms with Gasteiger partial charge in [-0.3, -0.25) is 14.3 Å². The average Bonchev–Trinajstić information content (AvgIpc) is 3.56. The van der Waals surface area contributed by atoms with Gasteiger partial charge >= 0.3 is 0 Å². The van der Waals surface area contributed by atoms with Crippen LogP contribution in [0.1, 0.15) is 10.4 Å². The fraction of sp³-hybridized carbons (Fsp3) is 0.120. The molecule has 1 amide bonds. The van der Waals surface area contributed by atoms with Crippen LogP contribution in [0.15, 0.2) is 100 Å². The van der Waals surface area contributed by atoms with Crippen LogP contribution in [-0.2, 0) is 10.0 Å². The molecule has 1 fully saturated rings. The lowest BCUT2D eigenvalue weighted by Gasteiger charge is -2.38. The van der Waals surface area contributed by atoms with E-state index in [9.17, 15) is 13.2 Å². The van der Waals surface area contributed by atoms with Gasteiger partial charge < -0.3 is 10.6 Å². The van der Waals surface area contributed by atoms with Crippen molar-refractivity contribution < 1.29 is 13.2 Å². The van der Waals surface area contributed by atoms with E-state index in [-0.39, 0.29) is 29.9 Å². The molecule has 0 spiro atoms. The average molecular weight is 547 g/mol. The Morgan fingerprint density at radius 1 is 1.00 bits per heavy atom. The van der Waals surface area contributed by atoms with Crippen molar-refractivity contribution in [2.75, 3.05) is 18.4 Å². The van der Waals surface area contributed by atoms with Gasteiger partial charge in [0.15, 0.2) is 5.82 Å². The molecule has 192 valence electrons. The summed E-state index contributed by atoms with van der Waals surface area (Å²) in [6.07, 6.45) is 3.35. The van der Waals surface area contributed by atoms with Crippen LogP contribution in [-0.4, -0.2) is 62.3 Å². The highest BCUT2D eigenvalue weighted by molar-refractivity contribution is 7.99. The summed E-state index contributed by atoms with van der Waals surface area (Å²) in [4.78, 5) is 22.4. The van der Waals surface area contributed by atoms with Crippen molar-refractivity contribution in [2.45, 2.75) is 20.9 Å². The molecule has 6 rings (SSSR count). The molecule has 3 aromatic heterocycles. The molecule has 1 aliphatic rings. The highest BCUT2D eigenvalue weighted by atomic mass is 32.2. The lowest BCUT2D eigenvalue weighted by molar-refractivity contribution is 0.0895. The molecule has 13 heteroatoms. The number of H-pyrrole nitrogens is 1. The molecule has 0 aliphatic carbocycles. The first-order valence-electron chi connectivity index (χ1n) is 11.7. The maximum Gasteiger partial charge on any atom is 0.251 e. The molecule has 0 atom stereocenters. The standard InChI is InChI=1S/C25H22N8O3S2/c34-24(28-18-14-32(15-18)38(35,36)20-8-2-1-3-9-20)17-6-4-7-19(12-17)37-23-13-21(30-31-23)29-25-27-16-26-22-10-5-11-33(22)25/h1-13,16,18H,14-15H2,(H,28,34)(H2,26,27,29,30,31). The zero-order chi connectivity index (χ0) is 26.1. The van der Waals surface area contributed by atoms with Crippen molar-refractivity contribution in [2.24, 2.45) is 0 Å².